The fraction of sp³-hybridized carbons (Fsp3) is 0.312. The highest BCUT2D eigenvalue weighted by atomic mass is 32.2. The van der Waals surface area contributed by atoms with Crippen LogP contribution in [0.15, 0.2) is 39.9 Å². The maximum absolute atomic E-state index is 5.85. The van der Waals surface area contributed by atoms with Gasteiger partial charge in [0.1, 0.15) is 5.60 Å². The Morgan fingerprint density at radius 3 is 2.91 bits per heavy atom. The lowest BCUT2D eigenvalue weighted by Crippen LogP contribution is -2.32. The van der Waals surface area contributed by atoms with Crippen LogP contribution < -0.4 is 10.0 Å². The first kappa shape index (κ1) is 15.6. The van der Waals surface area contributed by atoms with Gasteiger partial charge in [-0.25, -0.2) is 0 Å². The van der Waals surface area contributed by atoms with Gasteiger partial charge in [0, 0.05) is 17.3 Å². The van der Waals surface area contributed by atoms with Crippen LogP contribution in [0.25, 0.3) is 0 Å². The van der Waals surface area contributed by atoms with Crippen LogP contribution in [-0.4, -0.2) is 10.8 Å². The van der Waals surface area contributed by atoms with Crippen LogP contribution in [0.1, 0.15) is 32.3 Å². The van der Waals surface area contributed by atoms with Crippen LogP contribution >= 0.6 is 35.5 Å². The number of nitrogens with one attached hydrogen (secondary N) is 2. The molecular formula is C16H18N2OS3. The van der Waals surface area contributed by atoms with Crippen molar-refractivity contribution in [2.24, 2.45) is 0 Å². The standard InChI is InChI=1S/C16H18N2OS3/c1-10-12-9-11(18-22-14-5-4-8-21-14)6-7-13(12)17-15(20)19-16(10,2)3/h4-10,18H,1-3H3,(H,17,20). The minimum absolute atomic E-state index is 0.226. The topological polar surface area (TPSA) is 33.3 Å². The summed E-state index contributed by atoms with van der Waals surface area (Å²) in [4.78, 5) is 0. The van der Waals surface area contributed by atoms with Crippen LogP contribution in [0, 0.1) is 0 Å². The number of thiocarbonyl (C=S) groups is 1. The molecule has 0 radical (unpaired) electrons. The first-order valence-corrected chi connectivity index (χ1v) is 9.16. The van der Waals surface area contributed by atoms with E-state index in [1.165, 1.54) is 9.77 Å². The highest BCUT2D eigenvalue weighted by Gasteiger charge is 2.34. The van der Waals surface area contributed by atoms with Gasteiger partial charge in [0.15, 0.2) is 0 Å². The summed E-state index contributed by atoms with van der Waals surface area (Å²) in [7, 11) is 0. The van der Waals surface area contributed by atoms with Gasteiger partial charge in [-0.05, 0) is 73.2 Å². The Morgan fingerprint density at radius 1 is 1.36 bits per heavy atom. The normalized spacial score (nSPS) is 19.6. The fourth-order valence-electron chi connectivity index (χ4n) is 2.37. The van der Waals surface area contributed by atoms with E-state index in [4.69, 9.17) is 17.0 Å². The Bertz CT molecular complexity index is 683. The van der Waals surface area contributed by atoms with Crippen LogP contribution in [0.5, 0.6) is 0 Å². The van der Waals surface area contributed by atoms with Crippen molar-refractivity contribution in [2.45, 2.75) is 36.5 Å². The van der Waals surface area contributed by atoms with E-state index in [-0.39, 0.29) is 11.5 Å². The average Bonchev–Trinajstić information content (AvgIpc) is 2.95. The highest BCUT2D eigenvalue weighted by Crippen LogP contribution is 2.39. The van der Waals surface area contributed by atoms with Crippen molar-refractivity contribution in [3.8, 4) is 0 Å². The first-order valence-electron chi connectivity index (χ1n) is 7.06. The van der Waals surface area contributed by atoms with E-state index in [1.54, 1.807) is 23.3 Å². The number of rotatable bonds is 3. The molecule has 2 aromatic rings. The van der Waals surface area contributed by atoms with Gasteiger partial charge >= 0.3 is 0 Å². The van der Waals surface area contributed by atoms with E-state index in [0.29, 0.717) is 5.17 Å². The molecule has 0 amide bonds. The summed E-state index contributed by atoms with van der Waals surface area (Å²) in [5.41, 5.74) is 2.97. The van der Waals surface area contributed by atoms with Gasteiger partial charge in [-0.3, -0.25) is 0 Å². The van der Waals surface area contributed by atoms with E-state index in [9.17, 15) is 0 Å². The minimum Gasteiger partial charge on any atom is -0.464 e. The van der Waals surface area contributed by atoms with Crippen molar-refractivity contribution in [1.82, 2.24) is 0 Å². The number of ether oxygens (including phenoxy) is 1. The first-order chi connectivity index (χ1) is 10.5. The third-order valence-electron chi connectivity index (χ3n) is 3.92. The van der Waals surface area contributed by atoms with Crippen molar-refractivity contribution < 1.29 is 4.74 Å². The number of hydrogen-bond acceptors (Lipinski definition) is 5. The van der Waals surface area contributed by atoms with Crippen molar-refractivity contribution in [3.05, 3.63) is 41.3 Å². The molecule has 0 saturated carbocycles. The summed E-state index contributed by atoms with van der Waals surface area (Å²) < 4.78 is 10.5. The summed E-state index contributed by atoms with van der Waals surface area (Å²) in [6.07, 6.45) is 0. The Kier molecular flexibility index (Phi) is 4.34. The van der Waals surface area contributed by atoms with E-state index in [2.05, 4.69) is 66.5 Å². The Hall–Kier alpha value is -1.24. The second-order valence-electron chi connectivity index (χ2n) is 5.78. The predicted octanol–water partition coefficient (Wildman–Crippen LogP) is 5.48. The van der Waals surface area contributed by atoms with Crippen molar-refractivity contribution in [1.29, 1.82) is 0 Å². The molecule has 1 aliphatic rings. The highest BCUT2D eigenvalue weighted by molar-refractivity contribution is 8.02. The molecule has 1 aliphatic heterocycles. The van der Waals surface area contributed by atoms with Crippen LogP contribution in [-0.2, 0) is 4.74 Å². The molecule has 0 bridgehead atoms. The molecule has 0 spiro atoms. The van der Waals surface area contributed by atoms with Gasteiger partial charge in [-0.2, -0.15) is 0 Å². The second kappa shape index (κ2) is 6.10. The number of benzene rings is 1. The lowest BCUT2D eigenvalue weighted by molar-refractivity contribution is 0.0773. The Balaban J connectivity index is 1.86. The van der Waals surface area contributed by atoms with Gasteiger partial charge in [0.25, 0.3) is 5.17 Å². The van der Waals surface area contributed by atoms with Gasteiger partial charge in [-0.1, -0.05) is 13.0 Å². The third-order valence-corrected chi connectivity index (χ3v) is 5.98. The molecule has 0 aliphatic carbocycles. The van der Waals surface area contributed by atoms with E-state index in [1.807, 2.05) is 0 Å². The molecule has 3 nitrogen and oxygen atoms in total. The molecule has 2 N–H and O–H groups in total. The second-order valence-corrected chi connectivity index (χ2v) is 8.20. The molecule has 1 aromatic carbocycles. The minimum atomic E-state index is -0.338. The zero-order chi connectivity index (χ0) is 15.7. The summed E-state index contributed by atoms with van der Waals surface area (Å²) in [6, 6.07) is 10.4. The molecular weight excluding hydrogens is 332 g/mol. The van der Waals surface area contributed by atoms with Gasteiger partial charge < -0.3 is 14.8 Å². The van der Waals surface area contributed by atoms with Crippen LogP contribution in [0.2, 0.25) is 0 Å². The summed E-state index contributed by atoms with van der Waals surface area (Å²) in [5.74, 6) is 0.226. The Labute approximate surface area is 144 Å². The number of thiophene rings is 1. The van der Waals surface area contributed by atoms with Gasteiger partial charge in [-0.15, -0.1) is 11.3 Å². The third kappa shape index (κ3) is 3.24. The molecule has 22 heavy (non-hydrogen) atoms. The zero-order valence-electron chi connectivity index (χ0n) is 12.7. The smallest absolute Gasteiger partial charge is 0.261 e. The van der Waals surface area contributed by atoms with Crippen LogP contribution in [0.4, 0.5) is 11.4 Å². The lowest BCUT2D eigenvalue weighted by atomic mass is 9.85. The molecule has 0 saturated heterocycles. The van der Waals surface area contributed by atoms with E-state index in [0.717, 1.165) is 11.4 Å². The van der Waals surface area contributed by atoms with Gasteiger partial charge in [0.2, 0.25) is 0 Å². The predicted molar refractivity (Wildman–Crippen MR) is 100 cm³/mol. The quantitative estimate of drug-likeness (QED) is 0.566. The van der Waals surface area contributed by atoms with Crippen molar-refractivity contribution in [2.75, 3.05) is 10.0 Å². The summed E-state index contributed by atoms with van der Waals surface area (Å²) in [5, 5.41) is 5.69. The molecule has 1 aromatic heterocycles. The number of anilines is 2. The molecule has 0 fully saturated rings. The van der Waals surface area contributed by atoms with Crippen molar-refractivity contribution >= 4 is 52.1 Å². The molecule has 1 unspecified atom stereocenters. The lowest BCUT2D eigenvalue weighted by Gasteiger charge is -2.30. The van der Waals surface area contributed by atoms with Crippen molar-refractivity contribution in [3.63, 3.8) is 0 Å². The maximum atomic E-state index is 5.85. The fourth-order valence-corrected chi connectivity index (χ4v) is 4.12. The molecule has 6 heteroatoms. The monoisotopic (exact) mass is 350 g/mol. The number of fused-ring (bicyclic) bond motifs is 1. The largest absolute Gasteiger partial charge is 0.464 e. The summed E-state index contributed by atoms with van der Waals surface area (Å²) in [6.45, 7) is 6.31. The SMILES string of the molecule is CC1c2cc(NSc3cccs3)ccc2NC(=S)OC1(C)C. The van der Waals surface area contributed by atoms with Crippen LogP contribution in [0.3, 0.4) is 0 Å². The zero-order valence-corrected chi connectivity index (χ0v) is 15.1. The number of hydrogen-bond donors (Lipinski definition) is 2. The molecule has 1 atom stereocenters. The molecule has 3 rings (SSSR count). The Morgan fingerprint density at radius 2 is 2.18 bits per heavy atom. The van der Waals surface area contributed by atoms with Gasteiger partial charge in [0.05, 0.1) is 4.21 Å². The van der Waals surface area contributed by atoms with E-state index >= 15 is 0 Å². The molecule has 116 valence electrons. The van der Waals surface area contributed by atoms with E-state index < -0.39 is 0 Å². The summed E-state index contributed by atoms with van der Waals surface area (Å²) >= 11 is 8.61. The average molecular weight is 351 g/mol. The molecule has 2 heterocycles. The maximum Gasteiger partial charge on any atom is 0.261 e.